The standard InChI is InChI=1S/C13H21N3/c1-15(2)13-8-10-16(11-9-13)14-12-6-4-3-5-7-12/h3-7,13-14H,8-11H2,1-2H3. The maximum atomic E-state index is 3.46. The molecule has 1 N–H and O–H groups in total. The first-order valence-electron chi connectivity index (χ1n) is 5.99. The third-order valence-corrected chi connectivity index (χ3v) is 3.26. The zero-order chi connectivity index (χ0) is 11.4. The summed E-state index contributed by atoms with van der Waals surface area (Å²) in [4.78, 5) is 2.33. The van der Waals surface area contributed by atoms with Gasteiger partial charge in [0.05, 0.1) is 0 Å². The van der Waals surface area contributed by atoms with E-state index in [4.69, 9.17) is 0 Å². The molecule has 0 spiro atoms. The Labute approximate surface area is 98.0 Å². The van der Waals surface area contributed by atoms with Crippen molar-refractivity contribution in [3.05, 3.63) is 30.3 Å². The smallest absolute Gasteiger partial charge is 0.0490 e. The monoisotopic (exact) mass is 219 g/mol. The topological polar surface area (TPSA) is 18.5 Å². The summed E-state index contributed by atoms with van der Waals surface area (Å²) < 4.78 is 0. The maximum absolute atomic E-state index is 3.46. The molecule has 0 saturated carbocycles. The number of hydrogen-bond acceptors (Lipinski definition) is 3. The highest BCUT2D eigenvalue weighted by molar-refractivity contribution is 5.41. The molecule has 1 saturated heterocycles. The molecule has 3 heteroatoms. The van der Waals surface area contributed by atoms with Crippen molar-refractivity contribution in [3.63, 3.8) is 0 Å². The Morgan fingerprint density at radius 3 is 2.31 bits per heavy atom. The van der Waals surface area contributed by atoms with Crippen LogP contribution in [0, 0.1) is 0 Å². The van der Waals surface area contributed by atoms with Gasteiger partial charge in [0.2, 0.25) is 0 Å². The van der Waals surface area contributed by atoms with E-state index < -0.39 is 0 Å². The summed E-state index contributed by atoms with van der Waals surface area (Å²) in [5, 5.41) is 2.31. The Morgan fingerprint density at radius 1 is 1.12 bits per heavy atom. The number of rotatable bonds is 3. The normalized spacial score (nSPS) is 18.9. The first-order valence-corrected chi connectivity index (χ1v) is 5.99. The van der Waals surface area contributed by atoms with Crippen LogP contribution in [-0.4, -0.2) is 43.1 Å². The zero-order valence-electron chi connectivity index (χ0n) is 10.2. The molecule has 1 heterocycles. The summed E-state index contributed by atoms with van der Waals surface area (Å²) in [5.74, 6) is 0. The van der Waals surface area contributed by atoms with Crippen molar-refractivity contribution in [3.8, 4) is 0 Å². The molecule has 0 aromatic heterocycles. The zero-order valence-corrected chi connectivity index (χ0v) is 10.2. The Morgan fingerprint density at radius 2 is 1.75 bits per heavy atom. The Bertz CT molecular complexity index is 302. The number of anilines is 1. The molecule has 3 nitrogen and oxygen atoms in total. The first kappa shape index (κ1) is 11.4. The van der Waals surface area contributed by atoms with Crippen molar-refractivity contribution < 1.29 is 0 Å². The van der Waals surface area contributed by atoms with E-state index in [-0.39, 0.29) is 0 Å². The lowest BCUT2D eigenvalue weighted by molar-refractivity contribution is 0.165. The summed E-state index contributed by atoms with van der Waals surface area (Å²) in [7, 11) is 4.34. The lowest BCUT2D eigenvalue weighted by atomic mass is 10.1. The fraction of sp³-hybridized carbons (Fsp3) is 0.538. The number of para-hydroxylation sites is 1. The molecule has 16 heavy (non-hydrogen) atoms. The average Bonchev–Trinajstić information content (AvgIpc) is 2.31. The molecule has 1 aliphatic heterocycles. The van der Waals surface area contributed by atoms with Crippen LogP contribution in [0.4, 0.5) is 5.69 Å². The van der Waals surface area contributed by atoms with Crippen LogP contribution in [0.1, 0.15) is 12.8 Å². The van der Waals surface area contributed by atoms with Gasteiger partial charge in [0.25, 0.3) is 0 Å². The van der Waals surface area contributed by atoms with Crippen LogP contribution in [0.25, 0.3) is 0 Å². The van der Waals surface area contributed by atoms with Crippen LogP contribution >= 0.6 is 0 Å². The number of piperidine rings is 1. The number of nitrogens with zero attached hydrogens (tertiary/aromatic N) is 2. The van der Waals surface area contributed by atoms with E-state index in [1.54, 1.807) is 0 Å². The van der Waals surface area contributed by atoms with Gasteiger partial charge in [0.1, 0.15) is 0 Å². The quantitative estimate of drug-likeness (QED) is 0.839. The van der Waals surface area contributed by atoms with Gasteiger partial charge in [-0.25, -0.2) is 5.01 Å². The van der Waals surface area contributed by atoms with E-state index in [0.29, 0.717) is 0 Å². The number of nitrogens with one attached hydrogen (secondary N) is 1. The molecule has 0 atom stereocenters. The van der Waals surface area contributed by atoms with Crippen LogP contribution in [0.3, 0.4) is 0 Å². The Hall–Kier alpha value is -1.06. The number of hydrazine groups is 1. The molecule has 88 valence electrons. The Kier molecular flexibility index (Phi) is 3.80. The minimum Gasteiger partial charge on any atom is -0.319 e. The highest BCUT2D eigenvalue weighted by atomic mass is 15.5. The van der Waals surface area contributed by atoms with Crippen molar-refractivity contribution in [1.29, 1.82) is 0 Å². The predicted octanol–water partition coefficient (Wildman–Crippen LogP) is 2.04. The van der Waals surface area contributed by atoms with Gasteiger partial charge in [-0.3, -0.25) is 0 Å². The fourth-order valence-electron chi connectivity index (χ4n) is 2.19. The van der Waals surface area contributed by atoms with Gasteiger partial charge in [-0.2, -0.15) is 0 Å². The summed E-state index contributed by atoms with van der Waals surface area (Å²) in [5.41, 5.74) is 4.64. The molecule has 1 aliphatic rings. The molecular formula is C13H21N3. The van der Waals surface area contributed by atoms with Crippen LogP contribution < -0.4 is 5.43 Å². The minimum absolute atomic E-state index is 0.744. The molecule has 0 radical (unpaired) electrons. The van der Waals surface area contributed by atoms with E-state index in [9.17, 15) is 0 Å². The highest BCUT2D eigenvalue weighted by Gasteiger charge is 2.20. The highest BCUT2D eigenvalue weighted by Crippen LogP contribution is 2.15. The summed E-state index contributed by atoms with van der Waals surface area (Å²) in [6, 6.07) is 11.1. The van der Waals surface area contributed by atoms with E-state index in [2.05, 4.69) is 53.7 Å². The van der Waals surface area contributed by atoms with E-state index >= 15 is 0 Å². The molecule has 1 aromatic rings. The average molecular weight is 219 g/mol. The van der Waals surface area contributed by atoms with E-state index in [1.807, 2.05) is 6.07 Å². The molecule has 0 amide bonds. The molecule has 0 aliphatic carbocycles. The van der Waals surface area contributed by atoms with Gasteiger partial charge < -0.3 is 10.3 Å². The SMILES string of the molecule is CN(C)C1CCN(Nc2ccccc2)CC1. The van der Waals surface area contributed by atoms with Crippen LogP contribution in [0.2, 0.25) is 0 Å². The molecule has 0 bridgehead atoms. The molecule has 1 fully saturated rings. The second-order valence-electron chi connectivity index (χ2n) is 4.66. The molecule has 1 aromatic carbocycles. The van der Waals surface area contributed by atoms with Gasteiger partial charge in [-0.1, -0.05) is 18.2 Å². The van der Waals surface area contributed by atoms with Gasteiger partial charge >= 0.3 is 0 Å². The molecular weight excluding hydrogens is 198 g/mol. The van der Waals surface area contributed by atoms with Gasteiger partial charge in [-0.15, -0.1) is 0 Å². The number of benzene rings is 1. The first-order chi connectivity index (χ1) is 7.75. The van der Waals surface area contributed by atoms with Crippen molar-refractivity contribution in [2.45, 2.75) is 18.9 Å². The van der Waals surface area contributed by atoms with Crippen molar-refractivity contribution in [2.75, 3.05) is 32.6 Å². The molecule has 2 rings (SSSR count). The predicted molar refractivity (Wildman–Crippen MR) is 68.3 cm³/mol. The summed E-state index contributed by atoms with van der Waals surface area (Å²) in [6.45, 7) is 2.25. The van der Waals surface area contributed by atoms with Crippen LogP contribution in [-0.2, 0) is 0 Å². The lowest BCUT2D eigenvalue weighted by Gasteiger charge is -2.35. The Balaban J connectivity index is 1.82. The van der Waals surface area contributed by atoms with Gasteiger partial charge in [-0.05, 0) is 39.1 Å². The molecule has 0 unspecified atom stereocenters. The van der Waals surface area contributed by atoms with Crippen molar-refractivity contribution in [2.24, 2.45) is 0 Å². The second-order valence-corrected chi connectivity index (χ2v) is 4.66. The van der Waals surface area contributed by atoms with Crippen LogP contribution in [0.15, 0.2) is 30.3 Å². The third kappa shape index (κ3) is 2.97. The van der Waals surface area contributed by atoms with Gasteiger partial charge in [0.15, 0.2) is 0 Å². The largest absolute Gasteiger partial charge is 0.319 e. The lowest BCUT2D eigenvalue weighted by Crippen LogP contribution is -2.44. The van der Waals surface area contributed by atoms with Crippen molar-refractivity contribution >= 4 is 5.69 Å². The van der Waals surface area contributed by atoms with E-state index in [1.165, 1.54) is 18.5 Å². The fourth-order valence-corrected chi connectivity index (χ4v) is 2.19. The second kappa shape index (κ2) is 5.32. The maximum Gasteiger partial charge on any atom is 0.0490 e. The van der Waals surface area contributed by atoms with E-state index in [0.717, 1.165) is 19.1 Å². The summed E-state index contributed by atoms with van der Waals surface area (Å²) >= 11 is 0. The van der Waals surface area contributed by atoms with Crippen molar-refractivity contribution in [1.82, 2.24) is 9.91 Å². The third-order valence-electron chi connectivity index (χ3n) is 3.26. The summed E-state index contributed by atoms with van der Waals surface area (Å²) in [6.07, 6.45) is 2.49. The van der Waals surface area contributed by atoms with Gasteiger partial charge in [0, 0.05) is 24.8 Å². The minimum atomic E-state index is 0.744. The number of hydrogen-bond donors (Lipinski definition) is 1. The van der Waals surface area contributed by atoms with Crippen LogP contribution in [0.5, 0.6) is 0 Å².